The van der Waals surface area contributed by atoms with Crippen LogP contribution in [-0.2, 0) is 4.79 Å². The Bertz CT molecular complexity index is 444. The van der Waals surface area contributed by atoms with Crippen molar-refractivity contribution in [1.82, 2.24) is 4.90 Å². The number of ether oxygens (including phenoxy) is 1. The molecule has 1 aliphatic heterocycles. The first-order valence-corrected chi connectivity index (χ1v) is 6.19. The molecule has 4 nitrogen and oxygen atoms in total. The molecular formula is C12H12BrNO3. The van der Waals surface area contributed by atoms with E-state index in [1.54, 1.807) is 31.4 Å². The zero-order valence-electron chi connectivity index (χ0n) is 9.35. The van der Waals surface area contributed by atoms with Crippen LogP contribution < -0.4 is 4.74 Å². The van der Waals surface area contributed by atoms with Gasteiger partial charge in [0, 0.05) is 12.1 Å². The maximum Gasteiger partial charge on any atom is 0.260 e. The van der Waals surface area contributed by atoms with Crippen molar-refractivity contribution >= 4 is 27.7 Å². The number of amides is 2. The Morgan fingerprint density at radius 2 is 2.06 bits per heavy atom. The van der Waals surface area contributed by atoms with Crippen LogP contribution in [0.25, 0.3) is 0 Å². The van der Waals surface area contributed by atoms with Crippen molar-refractivity contribution in [2.75, 3.05) is 13.7 Å². The van der Waals surface area contributed by atoms with Crippen molar-refractivity contribution in [2.45, 2.75) is 11.2 Å². The Morgan fingerprint density at radius 1 is 1.41 bits per heavy atom. The Morgan fingerprint density at radius 3 is 2.53 bits per heavy atom. The first kappa shape index (κ1) is 12.1. The maximum atomic E-state index is 12.0. The van der Waals surface area contributed by atoms with E-state index in [1.807, 2.05) is 0 Å². The van der Waals surface area contributed by atoms with Gasteiger partial charge in [0.05, 0.1) is 11.9 Å². The Labute approximate surface area is 108 Å². The number of benzene rings is 1. The third-order valence-corrected chi connectivity index (χ3v) is 3.57. The van der Waals surface area contributed by atoms with Crippen LogP contribution in [0.15, 0.2) is 24.3 Å². The molecule has 1 aromatic carbocycles. The number of hydrogen-bond acceptors (Lipinski definition) is 3. The molecule has 0 N–H and O–H groups in total. The average molecular weight is 298 g/mol. The lowest BCUT2D eigenvalue weighted by molar-refractivity contribution is -0.124. The van der Waals surface area contributed by atoms with Crippen LogP contribution in [0.4, 0.5) is 0 Å². The average Bonchev–Trinajstić information content (AvgIpc) is 2.69. The van der Waals surface area contributed by atoms with Crippen LogP contribution in [0, 0.1) is 0 Å². The summed E-state index contributed by atoms with van der Waals surface area (Å²) in [5.74, 6) is 0.276. The molecule has 0 aromatic heterocycles. The smallest absolute Gasteiger partial charge is 0.260 e. The molecule has 0 aliphatic carbocycles. The summed E-state index contributed by atoms with van der Waals surface area (Å²) >= 11 is 3.24. The molecule has 0 radical (unpaired) electrons. The monoisotopic (exact) mass is 297 g/mol. The molecule has 0 spiro atoms. The van der Waals surface area contributed by atoms with E-state index in [-0.39, 0.29) is 16.6 Å². The quantitative estimate of drug-likeness (QED) is 0.618. The van der Waals surface area contributed by atoms with Crippen LogP contribution in [0.1, 0.15) is 16.8 Å². The number of nitrogens with zero attached hydrogens (tertiary/aromatic N) is 1. The van der Waals surface area contributed by atoms with Gasteiger partial charge in [-0.1, -0.05) is 15.9 Å². The molecule has 1 aromatic rings. The van der Waals surface area contributed by atoms with Crippen molar-refractivity contribution in [3.63, 3.8) is 0 Å². The van der Waals surface area contributed by atoms with Gasteiger partial charge in [0.1, 0.15) is 5.75 Å². The van der Waals surface area contributed by atoms with Gasteiger partial charge in [0.2, 0.25) is 5.91 Å². The molecule has 1 unspecified atom stereocenters. The summed E-state index contributed by atoms with van der Waals surface area (Å²) in [6.45, 7) is 0.472. The SMILES string of the molecule is COc1ccc(C(=O)N2CCC(Br)C2=O)cc1. The van der Waals surface area contributed by atoms with Crippen molar-refractivity contribution in [1.29, 1.82) is 0 Å². The Hall–Kier alpha value is -1.36. The van der Waals surface area contributed by atoms with Crippen molar-refractivity contribution < 1.29 is 14.3 Å². The van der Waals surface area contributed by atoms with Gasteiger partial charge in [-0.25, -0.2) is 0 Å². The van der Waals surface area contributed by atoms with Crippen LogP contribution >= 0.6 is 15.9 Å². The number of methoxy groups -OCH3 is 1. The number of alkyl halides is 1. The Balaban J connectivity index is 2.17. The van der Waals surface area contributed by atoms with Gasteiger partial charge >= 0.3 is 0 Å². The summed E-state index contributed by atoms with van der Waals surface area (Å²) in [5, 5.41) is 0. The van der Waals surface area contributed by atoms with Gasteiger partial charge < -0.3 is 4.74 Å². The van der Waals surface area contributed by atoms with Crippen LogP contribution in [0.5, 0.6) is 5.75 Å². The van der Waals surface area contributed by atoms with E-state index >= 15 is 0 Å². The molecule has 2 rings (SSSR count). The summed E-state index contributed by atoms with van der Waals surface area (Å²) in [6.07, 6.45) is 0.667. The molecule has 1 saturated heterocycles. The van der Waals surface area contributed by atoms with Crippen molar-refractivity contribution in [3.05, 3.63) is 29.8 Å². The van der Waals surface area contributed by atoms with Gasteiger partial charge in [0.15, 0.2) is 0 Å². The summed E-state index contributed by atoms with van der Waals surface area (Å²) in [5.41, 5.74) is 0.501. The number of rotatable bonds is 2. The first-order chi connectivity index (χ1) is 8.13. The van der Waals surface area contributed by atoms with Crippen LogP contribution in [-0.4, -0.2) is 35.2 Å². The standard InChI is InChI=1S/C12H12BrNO3/c1-17-9-4-2-8(3-5-9)11(15)14-7-6-10(13)12(14)16/h2-5,10H,6-7H2,1H3. The third kappa shape index (κ3) is 2.34. The number of hydrogen-bond donors (Lipinski definition) is 0. The highest BCUT2D eigenvalue weighted by Gasteiger charge is 2.34. The van der Waals surface area contributed by atoms with Crippen LogP contribution in [0.2, 0.25) is 0 Å². The highest BCUT2D eigenvalue weighted by Crippen LogP contribution is 2.21. The minimum absolute atomic E-state index is 0.161. The zero-order valence-corrected chi connectivity index (χ0v) is 10.9. The second-order valence-electron chi connectivity index (χ2n) is 3.78. The molecule has 1 heterocycles. The number of carbonyl (C=O) groups excluding carboxylic acids is 2. The molecule has 1 aliphatic rings. The van der Waals surface area contributed by atoms with Crippen molar-refractivity contribution in [3.8, 4) is 5.75 Å². The fourth-order valence-electron chi connectivity index (χ4n) is 1.74. The fraction of sp³-hybridized carbons (Fsp3) is 0.333. The lowest BCUT2D eigenvalue weighted by Gasteiger charge is -2.13. The Kier molecular flexibility index (Phi) is 3.47. The van der Waals surface area contributed by atoms with Crippen molar-refractivity contribution in [2.24, 2.45) is 0 Å². The molecule has 1 atom stereocenters. The summed E-state index contributed by atoms with van der Waals surface area (Å²) < 4.78 is 5.01. The lowest BCUT2D eigenvalue weighted by Crippen LogP contribution is -2.33. The van der Waals surface area contributed by atoms with E-state index in [1.165, 1.54) is 4.90 Å². The molecule has 2 amide bonds. The number of carbonyl (C=O) groups is 2. The summed E-state index contributed by atoms with van der Waals surface area (Å²) in [4.78, 5) is 24.8. The van der Waals surface area contributed by atoms with Gasteiger partial charge in [-0.2, -0.15) is 0 Å². The van der Waals surface area contributed by atoms with Crippen LogP contribution in [0.3, 0.4) is 0 Å². The minimum atomic E-state index is -0.250. The molecule has 90 valence electrons. The summed E-state index contributed by atoms with van der Waals surface area (Å²) in [7, 11) is 1.57. The first-order valence-electron chi connectivity index (χ1n) is 5.27. The molecule has 0 saturated carbocycles. The number of imide groups is 1. The second-order valence-corrected chi connectivity index (χ2v) is 4.89. The molecular weight excluding hydrogens is 286 g/mol. The van der Waals surface area contributed by atoms with Gasteiger partial charge in [-0.3, -0.25) is 14.5 Å². The minimum Gasteiger partial charge on any atom is -0.497 e. The summed E-state index contributed by atoms with van der Waals surface area (Å²) in [6, 6.07) is 6.74. The highest BCUT2D eigenvalue weighted by atomic mass is 79.9. The number of likely N-dealkylation sites (tertiary alicyclic amines) is 1. The predicted molar refractivity (Wildman–Crippen MR) is 66.4 cm³/mol. The molecule has 5 heteroatoms. The largest absolute Gasteiger partial charge is 0.497 e. The predicted octanol–water partition coefficient (Wildman–Crippen LogP) is 1.83. The molecule has 0 bridgehead atoms. The van der Waals surface area contributed by atoms with E-state index in [0.717, 1.165) is 0 Å². The zero-order chi connectivity index (χ0) is 12.4. The second kappa shape index (κ2) is 4.87. The van der Waals surface area contributed by atoms with Gasteiger partial charge in [0.25, 0.3) is 5.91 Å². The third-order valence-electron chi connectivity index (χ3n) is 2.72. The van der Waals surface area contributed by atoms with Gasteiger partial charge in [-0.15, -0.1) is 0 Å². The van der Waals surface area contributed by atoms with E-state index in [4.69, 9.17) is 4.74 Å². The molecule has 1 fully saturated rings. The topological polar surface area (TPSA) is 46.6 Å². The van der Waals surface area contributed by atoms with E-state index in [2.05, 4.69) is 15.9 Å². The maximum absolute atomic E-state index is 12.0. The van der Waals surface area contributed by atoms with Gasteiger partial charge in [-0.05, 0) is 30.7 Å². The molecule has 17 heavy (non-hydrogen) atoms. The highest BCUT2D eigenvalue weighted by molar-refractivity contribution is 9.10. The fourth-order valence-corrected chi connectivity index (χ4v) is 2.19. The number of halogens is 1. The normalized spacial score (nSPS) is 19.5. The van der Waals surface area contributed by atoms with E-state index < -0.39 is 0 Å². The van der Waals surface area contributed by atoms with E-state index in [9.17, 15) is 9.59 Å². The van der Waals surface area contributed by atoms with E-state index in [0.29, 0.717) is 24.3 Å². The lowest BCUT2D eigenvalue weighted by atomic mass is 10.2.